The van der Waals surface area contributed by atoms with Gasteiger partial charge in [-0.15, -0.1) is 0 Å². The van der Waals surface area contributed by atoms with Gasteiger partial charge in [0.15, 0.2) is 0 Å². The molecule has 0 radical (unpaired) electrons. The minimum atomic E-state index is -0.437. The summed E-state index contributed by atoms with van der Waals surface area (Å²) in [4.78, 5) is 2.43. The monoisotopic (exact) mass is 487 g/mol. The van der Waals surface area contributed by atoms with E-state index in [9.17, 15) is 5.26 Å². The quantitative estimate of drug-likeness (QED) is 0.350. The van der Waals surface area contributed by atoms with Crippen molar-refractivity contribution in [2.24, 2.45) is 0 Å². The van der Waals surface area contributed by atoms with Crippen molar-refractivity contribution < 1.29 is 14.2 Å². The second kappa shape index (κ2) is 12.2. The van der Waals surface area contributed by atoms with Crippen molar-refractivity contribution in [1.82, 2.24) is 4.90 Å². The third kappa shape index (κ3) is 6.76. The topological polar surface area (TPSA) is 66.8 Å². The van der Waals surface area contributed by atoms with Crippen LogP contribution in [0.5, 0.6) is 5.75 Å². The zero-order chi connectivity index (χ0) is 25.4. The molecule has 0 bridgehead atoms. The van der Waals surface area contributed by atoms with Crippen LogP contribution in [0.3, 0.4) is 0 Å². The molecule has 4 rings (SSSR count). The number of fused-ring (bicyclic) bond motifs is 1. The lowest BCUT2D eigenvalue weighted by Crippen LogP contribution is -2.38. The van der Waals surface area contributed by atoms with Gasteiger partial charge in [-0.2, -0.15) is 5.26 Å². The Morgan fingerprint density at radius 1 is 1.06 bits per heavy atom. The number of hydrogen-bond acceptors (Lipinski definition) is 6. The number of anilines is 1. The van der Waals surface area contributed by atoms with Gasteiger partial charge in [0.05, 0.1) is 19.8 Å². The Kier molecular flexibility index (Phi) is 8.82. The Hall–Kier alpha value is -3.11. The first-order chi connectivity index (χ1) is 17.5. The summed E-state index contributed by atoms with van der Waals surface area (Å²) in [5.41, 5.74) is 3.12. The van der Waals surface area contributed by atoms with E-state index < -0.39 is 5.60 Å². The fourth-order valence-electron chi connectivity index (χ4n) is 4.49. The molecule has 0 atom stereocenters. The highest BCUT2D eigenvalue weighted by molar-refractivity contribution is 5.90. The number of nitrogens with one attached hydrogen (secondary N) is 1. The SMILES string of the molecule is CCOCCC(C)(C)Oc1cccc(-c2ccc3cc(NCCN4CCOCC4)ccc3c2)c1C#N. The van der Waals surface area contributed by atoms with Crippen molar-refractivity contribution in [3.8, 4) is 22.9 Å². The van der Waals surface area contributed by atoms with E-state index in [0.29, 0.717) is 24.5 Å². The van der Waals surface area contributed by atoms with E-state index in [2.05, 4.69) is 52.7 Å². The van der Waals surface area contributed by atoms with Crippen LogP contribution in [-0.2, 0) is 9.47 Å². The average molecular weight is 488 g/mol. The number of benzene rings is 3. The average Bonchev–Trinajstić information content (AvgIpc) is 2.88. The van der Waals surface area contributed by atoms with Gasteiger partial charge in [0.25, 0.3) is 0 Å². The minimum absolute atomic E-state index is 0.437. The number of nitrogens with zero attached hydrogens (tertiary/aromatic N) is 2. The fraction of sp³-hybridized carbons (Fsp3) is 0.433. The Morgan fingerprint density at radius 3 is 2.61 bits per heavy atom. The van der Waals surface area contributed by atoms with Gasteiger partial charge >= 0.3 is 0 Å². The molecule has 6 heteroatoms. The third-order valence-electron chi connectivity index (χ3n) is 6.59. The summed E-state index contributed by atoms with van der Waals surface area (Å²) in [5, 5.41) is 15.9. The number of nitriles is 1. The van der Waals surface area contributed by atoms with Crippen molar-refractivity contribution in [3.63, 3.8) is 0 Å². The van der Waals surface area contributed by atoms with E-state index in [-0.39, 0.29) is 0 Å². The Labute approximate surface area is 214 Å². The Morgan fingerprint density at radius 2 is 1.83 bits per heavy atom. The molecule has 36 heavy (non-hydrogen) atoms. The zero-order valence-corrected chi connectivity index (χ0v) is 21.7. The molecule has 3 aromatic rings. The van der Waals surface area contributed by atoms with Gasteiger partial charge in [-0.1, -0.05) is 30.3 Å². The first kappa shape index (κ1) is 26.0. The van der Waals surface area contributed by atoms with Crippen LogP contribution in [0, 0.1) is 11.3 Å². The van der Waals surface area contributed by atoms with Crippen molar-refractivity contribution in [3.05, 3.63) is 60.2 Å². The van der Waals surface area contributed by atoms with Gasteiger partial charge in [0, 0.05) is 50.5 Å². The molecule has 0 amide bonds. The normalized spacial score (nSPS) is 14.5. The fourth-order valence-corrected chi connectivity index (χ4v) is 4.49. The lowest BCUT2D eigenvalue weighted by Gasteiger charge is -2.27. The Balaban J connectivity index is 1.49. The van der Waals surface area contributed by atoms with Gasteiger partial charge in [-0.05, 0) is 61.4 Å². The molecule has 1 N–H and O–H groups in total. The van der Waals surface area contributed by atoms with E-state index in [1.54, 1.807) is 0 Å². The zero-order valence-electron chi connectivity index (χ0n) is 21.7. The van der Waals surface area contributed by atoms with E-state index >= 15 is 0 Å². The number of ether oxygens (including phenoxy) is 3. The number of rotatable bonds is 11. The molecule has 190 valence electrons. The maximum Gasteiger partial charge on any atom is 0.138 e. The maximum atomic E-state index is 10.0. The smallest absolute Gasteiger partial charge is 0.138 e. The molecule has 0 unspecified atom stereocenters. The molecule has 0 aromatic heterocycles. The highest BCUT2D eigenvalue weighted by Gasteiger charge is 2.22. The molecule has 1 aliphatic rings. The summed E-state index contributed by atoms with van der Waals surface area (Å²) in [6, 6.07) is 21.0. The molecule has 0 aliphatic carbocycles. The second-order valence-electron chi connectivity index (χ2n) is 9.76. The van der Waals surface area contributed by atoms with Crippen molar-refractivity contribution in [1.29, 1.82) is 5.26 Å². The summed E-state index contributed by atoms with van der Waals surface area (Å²) in [6.07, 6.45) is 0.745. The predicted octanol–water partition coefficient (Wildman–Crippen LogP) is 5.71. The van der Waals surface area contributed by atoms with E-state index in [1.165, 1.54) is 0 Å². The molecule has 1 fully saturated rings. The molecular weight excluding hydrogens is 450 g/mol. The van der Waals surface area contributed by atoms with Gasteiger partial charge in [0.2, 0.25) is 0 Å². The van der Waals surface area contributed by atoms with Crippen LogP contribution < -0.4 is 10.1 Å². The van der Waals surface area contributed by atoms with Crippen LogP contribution >= 0.6 is 0 Å². The largest absolute Gasteiger partial charge is 0.486 e. The molecule has 1 aliphatic heterocycles. The summed E-state index contributed by atoms with van der Waals surface area (Å²) >= 11 is 0. The van der Waals surface area contributed by atoms with E-state index in [4.69, 9.17) is 14.2 Å². The first-order valence-electron chi connectivity index (χ1n) is 12.9. The number of morpholine rings is 1. The molecule has 0 spiro atoms. The van der Waals surface area contributed by atoms with Crippen LogP contribution in [0.25, 0.3) is 21.9 Å². The summed E-state index contributed by atoms with van der Waals surface area (Å²) in [5.74, 6) is 0.608. The highest BCUT2D eigenvalue weighted by atomic mass is 16.5. The van der Waals surface area contributed by atoms with Crippen LogP contribution in [0.15, 0.2) is 54.6 Å². The molecule has 3 aromatic carbocycles. The predicted molar refractivity (Wildman–Crippen MR) is 146 cm³/mol. The van der Waals surface area contributed by atoms with Gasteiger partial charge in [-0.3, -0.25) is 4.90 Å². The molecule has 6 nitrogen and oxygen atoms in total. The molecule has 0 saturated carbocycles. The van der Waals surface area contributed by atoms with Crippen LogP contribution in [0.1, 0.15) is 32.8 Å². The standard InChI is InChI=1S/C30H37N3O3/c1-4-34-17-12-30(2,3)36-29-7-5-6-27(28(29)22-31)25-9-8-24-21-26(11-10-23(24)20-25)32-13-14-33-15-18-35-19-16-33/h5-11,20-21,32H,4,12-19H2,1-3H3. The van der Waals surface area contributed by atoms with Crippen molar-refractivity contribution >= 4 is 16.5 Å². The summed E-state index contributed by atoms with van der Waals surface area (Å²) in [6.45, 7) is 12.9. The molecule has 1 saturated heterocycles. The first-order valence-corrected chi connectivity index (χ1v) is 12.9. The summed E-state index contributed by atoms with van der Waals surface area (Å²) < 4.78 is 17.2. The minimum Gasteiger partial charge on any atom is -0.486 e. The van der Waals surface area contributed by atoms with E-state index in [0.717, 1.165) is 73.4 Å². The third-order valence-corrected chi connectivity index (χ3v) is 6.59. The lowest BCUT2D eigenvalue weighted by atomic mass is 9.96. The van der Waals surface area contributed by atoms with Gasteiger partial charge < -0.3 is 19.5 Å². The lowest BCUT2D eigenvalue weighted by molar-refractivity contribution is 0.0398. The Bertz CT molecular complexity index is 1200. The van der Waals surface area contributed by atoms with Gasteiger partial charge in [0.1, 0.15) is 23.0 Å². The van der Waals surface area contributed by atoms with Crippen LogP contribution in [0.4, 0.5) is 5.69 Å². The molecular formula is C30H37N3O3. The van der Waals surface area contributed by atoms with Crippen LogP contribution in [-0.4, -0.2) is 63.1 Å². The molecule has 1 heterocycles. The number of hydrogen-bond donors (Lipinski definition) is 1. The van der Waals surface area contributed by atoms with Gasteiger partial charge in [-0.25, -0.2) is 0 Å². The van der Waals surface area contributed by atoms with Crippen molar-refractivity contribution in [2.75, 3.05) is 57.9 Å². The second-order valence-corrected chi connectivity index (χ2v) is 9.76. The maximum absolute atomic E-state index is 10.0. The van der Waals surface area contributed by atoms with Crippen LogP contribution in [0.2, 0.25) is 0 Å². The van der Waals surface area contributed by atoms with E-state index in [1.807, 2.05) is 39.0 Å². The highest BCUT2D eigenvalue weighted by Crippen LogP contribution is 2.34. The van der Waals surface area contributed by atoms with Crippen molar-refractivity contribution in [2.45, 2.75) is 32.8 Å². The summed E-state index contributed by atoms with van der Waals surface area (Å²) in [7, 11) is 0.